The van der Waals surface area contributed by atoms with E-state index in [1.165, 1.54) is 32.2 Å². The molecule has 0 radical (unpaired) electrons. The minimum atomic E-state index is 0.249. The Kier molecular flexibility index (Phi) is 6.22. The summed E-state index contributed by atoms with van der Waals surface area (Å²) in [4.78, 5) is 0. The van der Waals surface area contributed by atoms with Gasteiger partial charge < -0.3 is 15.7 Å². The van der Waals surface area contributed by atoms with E-state index in [1.54, 1.807) is 0 Å². The second-order valence-corrected chi connectivity index (χ2v) is 4.74. The molecule has 1 aliphatic rings. The van der Waals surface area contributed by atoms with Gasteiger partial charge in [-0.25, -0.2) is 0 Å². The summed E-state index contributed by atoms with van der Waals surface area (Å²) >= 11 is 0. The molecule has 0 aromatic rings. The van der Waals surface area contributed by atoms with Gasteiger partial charge in [0, 0.05) is 18.1 Å². The highest BCUT2D eigenvalue weighted by Crippen LogP contribution is 2.12. The van der Waals surface area contributed by atoms with Crippen LogP contribution in [0.5, 0.6) is 0 Å². The first-order valence-electron chi connectivity index (χ1n) is 6.36. The molecule has 3 atom stereocenters. The maximum Gasteiger partial charge on any atom is 0.0584 e. The normalized spacial score (nSPS) is 26.2. The highest BCUT2D eigenvalue weighted by Gasteiger charge is 2.17. The maximum atomic E-state index is 9.10. The summed E-state index contributed by atoms with van der Waals surface area (Å²) in [5, 5.41) is 16.1. The van der Waals surface area contributed by atoms with E-state index in [-0.39, 0.29) is 12.6 Å². The number of hydrogen-bond donors (Lipinski definition) is 3. The topological polar surface area (TPSA) is 44.3 Å². The summed E-state index contributed by atoms with van der Waals surface area (Å²) in [5.74, 6) is 0. The smallest absolute Gasteiger partial charge is 0.0584 e. The molecule has 0 aliphatic carbocycles. The molecule has 90 valence electrons. The van der Waals surface area contributed by atoms with Crippen LogP contribution in [0.25, 0.3) is 0 Å². The summed E-state index contributed by atoms with van der Waals surface area (Å²) in [6, 6.07) is 1.44. The Bertz CT molecular complexity index is 154. The van der Waals surface area contributed by atoms with Crippen molar-refractivity contribution >= 4 is 0 Å². The van der Waals surface area contributed by atoms with Crippen LogP contribution >= 0.6 is 0 Å². The van der Waals surface area contributed by atoms with Gasteiger partial charge in [-0.1, -0.05) is 13.3 Å². The van der Waals surface area contributed by atoms with Gasteiger partial charge in [-0.05, 0) is 39.2 Å². The third-order valence-electron chi connectivity index (χ3n) is 3.28. The molecule has 1 rings (SSSR count). The fourth-order valence-electron chi connectivity index (χ4n) is 2.32. The van der Waals surface area contributed by atoms with Crippen molar-refractivity contribution in [1.82, 2.24) is 10.6 Å². The van der Waals surface area contributed by atoms with E-state index < -0.39 is 0 Å². The number of piperidine rings is 1. The van der Waals surface area contributed by atoms with Crippen molar-refractivity contribution in [3.05, 3.63) is 0 Å². The molecule has 3 N–H and O–H groups in total. The lowest BCUT2D eigenvalue weighted by molar-refractivity contribution is 0.222. The van der Waals surface area contributed by atoms with Gasteiger partial charge in [0.1, 0.15) is 0 Å². The Balaban J connectivity index is 2.18. The second-order valence-electron chi connectivity index (χ2n) is 4.74. The van der Waals surface area contributed by atoms with Crippen LogP contribution in [0.1, 0.15) is 46.0 Å². The number of aliphatic hydroxyl groups excluding tert-OH is 1. The molecule has 1 fully saturated rings. The Morgan fingerprint density at radius 2 is 2.27 bits per heavy atom. The largest absolute Gasteiger partial charge is 0.395 e. The Labute approximate surface area is 93.6 Å². The fraction of sp³-hybridized carbons (Fsp3) is 1.00. The van der Waals surface area contributed by atoms with Crippen LogP contribution in [-0.4, -0.2) is 36.4 Å². The van der Waals surface area contributed by atoms with Crippen molar-refractivity contribution in [3.8, 4) is 0 Å². The van der Waals surface area contributed by atoms with Crippen molar-refractivity contribution in [2.75, 3.05) is 13.2 Å². The first-order chi connectivity index (χ1) is 7.26. The third kappa shape index (κ3) is 4.96. The molecule has 2 unspecified atom stereocenters. The standard InChI is InChI=1S/C12H26N2O/c1-3-11(9-15)14-10(2)8-12-6-4-5-7-13-12/h10-15H,3-9H2,1-2H3/t10?,11-,12?/m1/s1. The van der Waals surface area contributed by atoms with Crippen LogP contribution in [0.4, 0.5) is 0 Å². The zero-order chi connectivity index (χ0) is 11.1. The molecule has 0 amide bonds. The van der Waals surface area contributed by atoms with Crippen LogP contribution < -0.4 is 10.6 Å². The molecule has 0 bridgehead atoms. The van der Waals surface area contributed by atoms with E-state index in [1.807, 2.05) is 0 Å². The van der Waals surface area contributed by atoms with Crippen LogP contribution in [0, 0.1) is 0 Å². The Hall–Kier alpha value is -0.120. The van der Waals surface area contributed by atoms with E-state index in [0.29, 0.717) is 12.1 Å². The number of rotatable bonds is 6. The zero-order valence-electron chi connectivity index (χ0n) is 10.1. The highest BCUT2D eigenvalue weighted by molar-refractivity contribution is 4.78. The summed E-state index contributed by atoms with van der Waals surface area (Å²) in [6.45, 7) is 5.75. The van der Waals surface area contributed by atoms with Crippen LogP contribution in [0.3, 0.4) is 0 Å². The molecule has 0 aromatic carbocycles. The number of hydrogen-bond acceptors (Lipinski definition) is 3. The lowest BCUT2D eigenvalue weighted by Crippen LogP contribution is -2.44. The van der Waals surface area contributed by atoms with Crippen molar-refractivity contribution < 1.29 is 5.11 Å². The molecule has 3 heteroatoms. The van der Waals surface area contributed by atoms with Gasteiger partial charge >= 0.3 is 0 Å². The molecule has 0 saturated carbocycles. The van der Waals surface area contributed by atoms with Crippen molar-refractivity contribution in [1.29, 1.82) is 0 Å². The quantitative estimate of drug-likeness (QED) is 0.624. The van der Waals surface area contributed by atoms with Gasteiger partial charge in [0.15, 0.2) is 0 Å². The summed E-state index contributed by atoms with van der Waals surface area (Å²) in [6.07, 6.45) is 6.17. The molecule has 0 spiro atoms. The van der Waals surface area contributed by atoms with E-state index in [0.717, 1.165) is 6.42 Å². The van der Waals surface area contributed by atoms with Crippen LogP contribution in [0.2, 0.25) is 0 Å². The summed E-state index contributed by atoms with van der Waals surface area (Å²) < 4.78 is 0. The SMILES string of the molecule is CC[C@H](CO)NC(C)CC1CCCCN1. The lowest BCUT2D eigenvalue weighted by atomic mass is 9.98. The molecule has 1 heterocycles. The second kappa shape index (κ2) is 7.20. The Morgan fingerprint density at radius 1 is 1.47 bits per heavy atom. The molecule has 15 heavy (non-hydrogen) atoms. The predicted molar refractivity (Wildman–Crippen MR) is 64.0 cm³/mol. The van der Waals surface area contributed by atoms with Crippen molar-refractivity contribution in [2.24, 2.45) is 0 Å². The van der Waals surface area contributed by atoms with E-state index in [2.05, 4.69) is 24.5 Å². The first kappa shape index (κ1) is 12.9. The third-order valence-corrected chi connectivity index (χ3v) is 3.28. The lowest BCUT2D eigenvalue weighted by Gasteiger charge is -2.28. The average Bonchev–Trinajstić information content (AvgIpc) is 2.27. The van der Waals surface area contributed by atoms with Gasteiger partial charge in [0.2, 0.25) is 0 Å². The number of aliphatic hydroxyl groups is 1. The van der Waals surface area contributed by atoms with Gasteiger partial charge in [0.25, 0.3) is 0 Å². The minimum Gasteiger partial charge on any atom is -0.395 e. The number of nitrogens with one attached hydrogen (secondary N) is 2. The van der Waals surface area contributed by atoms with Crippen LogP contribution in [0.15, 0.2) is 0 Å². The molecule has 1 saturated heterocycles. The van der Waals surface area contributed by atoms with Gasteiger partial charge in [-0.3, -0.25) is 0 Å². The van der Waals surface area contributed by atoms with Gasteiger partial charge in [-0.2, -0.15) is 0 Å². The van der Waals surface area contributed by atoms with Gasteiger partial charge in [0.05, 0.1) is 6.61 Å². The van der Waals surface area contributed by atoms with E-state index in [9.17, 15) is 0 Å². The van der Waals surface area contributed by atoms with Gasteiger partial charge in [-0.15, -0.1) is 0 Å². The summed E-state index contributed by atoms with van der Waals surface area (Å²) in [7, 11) is 0. The molecule has 0 aromatic heterocycles. The highest BCUT2D eigenvalue weighted by atomic mass is 16.3. The van der Waals surface area contributed by atoms with E-state index in [4.69, 9.17) is 5.11 Å². The van der Waals surface area contributed by atoms with Crippen molar-refractivity contribution in [2.45, 2.75) is 64.1 Å². The first-order valence-corrected chi connectivity index (χ1v) is 6.36. The van der Waals surface area contributed by atoms with Crippen molar-refractivity contribution in [3.63, 3.8) is 0 Å². The fourth-order valence-corrected chi connectivity index (χ4v) is 2.32. The molecule has 1 aliphatic heterocycles. The molecule has 3 nitrogen and oxygen atoms in total. The Morgan fingerprint density at radius 3 is 2.80 bits per heavy atom. The predicted octanol–water partition coefficient (Wildman–Crippen LogP) is 1.27. The van der Waals surface area contributed by atoms with Crippen LogP contribution in [-0.2, 0) is 0 Å². The molecular formula is C12H26N2O. The monoisotopic (exact) mass is 214 g/mol. The summed E-state index contributed by atoms with van der Waals surface area (Å²) in [5.41, 5.74) is 0. The average molecular weight is 214 g/mol. The molecular weight excluding hydrogens is 188 g/mol. The van der Waals surface area contributed by atoms with E-state index >= 15 is 0 Å². The zero-order valence-corrected chi connectivity index (χ0v) is 10.1. The minimum absolute atomic E-state index is 0.249. The maximum absolute atomic E-state index is 9.10.